The molecule has 14 rings (SSSR count). The third kappa shape index (κ3) is 6.30. The SMILES string of the molecule is [2H]c1c([2H])c([2H])c(-c2nc(-c3ccc4c5ccccc5n(-c5ccccc5)c4c3)nc(-c3cc(-n4c5ccccc5c5ccccc54)cc4c3oc3c(-c5cccc(-c6ccccc6)c5)cccc34)n2)c([2H])c1[2H]. The number of hydrogen-bond donors (Lipinski definition) is 0. The molecule has 14 aromatic rings. The maximum atomic E-state index is 9.18. The highest BCUT2D eigenvalue weighted by atomic mass is 16.3. The molecular weight excluding hydrogens is 843 g/mol. The Morgan fingerprint density at radius 2 is 0.855 bits per heavy atom. The van der Waals surface area contributed by atoms with Crippen LogP contribution in [0.15, 0.2) is 241 Å². The van der Waals surface area contributed by atoms with Crippen molar-refractivity contribution in [3.63, 3.8) is 0 Å². The number of aromatic nitrogens is 5. The van der Waals surface area contributed by atoms with Crippen LogP contribution in [-0.4, -0.2) is 24.1 Å². The molecule has 0 N–H and O–H groups in total. The highest BCUT2D eigenvalue weighted by Gasteiger charge is 2.24. The number of furan rings is 1. The van der Waals surface area contributed by atoms with Crippen molar-refractivity contribution in [2.24, 2.45) is 0 Å². The quantitative estimate of drug-likeness (QED) is 0.160. The molecule has 0 amide bonds. The monoisotopic (exact) mass is 886 g/mol. The summed E-state index contributed by atoms with van der Waals surface area (Å²) in [6, 6.07) is 68.0. The molecule has 0 radical (unpaired) electrons. The van der Waals surface area contributed by atoms with Gasteiger partial charge in [-0.1, -0.05) is 182 Å². The zero-order valence-electron chi connectivity index (χ0n) is 41.8. The predicted molar refractivity (Wildman–Crippen MR) is 283 cm³/mol. The van der Waals surface area contributed by atoms with Gasteiger partial charge in [0.1, 0.15) is 11.2 Å². The summed E-state index contributed by atoms with van der Waals surface area (Å²) in [5, 5.41) is 5.99. The van der Waals surface area contributed by atoms with Gasteiger partial charge in [-0.15, -0.1) is 0 Å². The van der Waals surface area contributed by atoms with Gasteiger partial charge in [-0.05, 0) is 71.3 Å². The topological polar surface area (TPSA) is 61.7 Å². The summed E-state index contributed by atoms with van der Waals surface area (Å²) in [5.41, 5.74) is 12.0. The lowest BCUT2D eigenvalue weighted by molar-refractivity contribution is 0.670. The normalized spacial score (nSPS) is 12.8. The fourth-order valence-corrected chi connectivity index (χ4v) is 10.2. The molecule has 0 saturated carbocycles. The minimum atomic E-state index is -0.509. The van der Waals surface area contributed by atoms with Crippen LogP contribution in [0.4, 0.5) is 0 Å². The van der Waals surface area contributed by atoms with E-state index >= 15 is 0 Å². The molecule has 0 unspecified atom stereocenters. The summed E-state index contributed by atoms with van der Waals surface area (Å²) in [4.78, 5) is 15.5. The highest BCUT2D eigenvalue weighted by Crippen LogP contribution is 2.44. The van der Waals surface area contributed by atoms with Gasteiger partial charge in [0.15, 0.2) is 17.5 Å². The van der Waals surface area contributed by atoms with E-state index in [0.717, 1.165) is 88.0 Å². The Balaban J connectivity index is 1.08. The molecule has 0 fully saturated rings. The van der Waals surface area contributed by atoms with Crippen molar-refractivity contribution < 1.29 is 11.3 Å². The highest BCUT2D eigenvalue weighted by molar-refractivity contribution is 6.15. The summed E-state index contributed by atoms with van der Waals surface area (Å²) < 4.78 is 56.0. The summed E-state index contributed by atoms with van der Waals surface area (Å²) in [6.07, 6.45) is 0. The molecule has 0 saturated heterocycles. The van der Waals surface area contributed by atoms with E-state index < -0.39 is 30.2 Å². The Morgan fingerprint density at radius 1 is 0.319 bits per heavy atom. The number of para-hydroxylation sites is 5. The third-order valence-electron chi connectivity index (χ3n) is 13.2. The lowest BCUT2D eigenvalue weighted by Gasteiger charge is -2.13. The molecule has 0 spiro atoms. The van der Waals surface area contributed by atoms with E-state index in [2.05, 4.69) is 137 Å². The number of hydrogen-bond acceptors (Lipinski definition) is 4. The van der Waals surface area contributed by atoms with Crippen LogP contribution >= 0.6 is 0 Å². The first-order valence-electron chi connectivity index (χ1n) is 25.4. The minimum Gasteiger partial charge on any atom is -0.455 e. The van der Waals surface area contributed by atoms with Crippen LogP contribution in [0.25, 0.3) is 133 Å². The van der Waals surface area contributed by atoms with Gasteiger partial charge in [0.2, 0.25) is 0 Å². The first kappa shape index (κ1) is 34.0. The second-order valence-electron chi connectivity index (χ2n) is 17.2. The van der Waals surface area contributed by atoms with Crippen molar-refractivity contribution in [2.45, 2.75) is 0 Å². The van der Waals surface area contributed by atoms with Crippen LogP contribution in [0.5, 0.6) is 0 Å². The standard InChI is InChI=1S/C63H39N5O/c1-4-18-40(19-5-1)42-22-16-23-43(36-42)47-29-17-30-52-53-38-46(68-56-32-14-10-26-48(56)49-27-11-15-33-57(49)68)39-54(60(53)69-59(47)52)63-65-61(41-20-6-2-7-21-41)64-62(66-63)44-34-35-51-50-28-12-13-31-55(50)67(58(51)37-44)45-24-8-3-9-25-45/h1-39H/i2D,6D,7D,20D,21D. The molecule has 0 aliphatic rings. The average molecular weight is 887 g/mol. The summed E-state index contributed by atoms with van der Waals surface area (Å²) in [6.45, 7) is 0. The van der Waals surface area contributed by atoms with Gasteiger partial charge in [-0.25, -0.2) is 15.0 Å². The van der Waals surface area contributed by atoms with Crippen LogP contribution in [-0.2, 0) is 0 Å². The lowest BCUT2D eigenvalue weighted by atomic mass is 9.97. The van der Waals surface area contributed by atoms with Crippen LogP contribution in [0.1, 0.15) is 6.85 Å². The molecular formula is C63H39N5O. The van der Waals surface area contributed by atoms with E-state index in [1.807, 2.05) is 78.9 Å². The van der Waals surface area contributed by atoms with Crippen LogP contribution in [0, 0.1) is 0 Å². The molecule has 0 bridgehead atoms. The number of benzene rings is 10. The average Bonchev–Trinajstić information content (AvgIpc) is 4.12. The molecule has 4 heterocycles. The summed E-state index contributed by atoms with van der Waals surface area (Å²) >= 11 is 0. The molecule has 6 heteroatoms. The molecule has 4 aromatic heterocycles. The van der Waals surface area contributed by atoms with E-state index in [1.54, 1.807) is 0 Å². The van der Waals surface area contributed by atoms with Gasteiger partial charge in [0.05, 0.1) is 34.5 Å². The Hall–Kier alpha value is -9.39. The van der Waals surface area contributed by atoms with Gasteiger partial charge in [-0.3, -0.25) is 0 Å². The van der Waals surface area contributed by atoms with Crippen molar-refractivity contribution in [1.82, 2.24) is 24.1 Å². The zero-order chi connectivity index (χ0) is 49.8. The molecule has 322 valence electrons. The molecule has 69 heavy (non-hydrogen) atoms. The minimum absolute atomic E-state index is 0.0735. The largest absolute Gasteiger partial charge is 0.455 e. The maximum absolute atomic E-state index is 9.18. The van der Waals surface area contributed by atoms with E-state index in [0.29, 0.717) is 22.3 Å². The van der Waals surface area contributed by atoms with Crippen molar-refractivity contribution in [2.75, 3.05) is 0 Å². The number of fused-ring (bicyclic) bond motifs is 9. The maximum Gasteiger partial charge on any atom is 0.167 e. The Labute approximate surface area is 403 Å². The van der Waals surface area contributed by atoms with Crippen LogP contribution < -0.4 is 0 Å². The van der Waals surface area contributed by atoms with Crippen molar-refractivity contribution in [3.05, 3.63) is 236 Å². The summed E-state index contributed by atoms with van der Waals surface area (Å²) in [7, 11) is 0. The predicted octanol–water partition coefficient (Wildman–Crippen LogP) is 16.3. The van der Waals surface area contributed by atoms with E-state index in [-0.39, 0.29) is 23.0 Å². The van der Waals surface area contributed by atoms with Gasteiger partial charge in [0.25, 0.3) is 0 Å². The van der Waals surface area contributed by atoms with Gasteiger partial charge < -0.3 is 13.6 Å². The van der Waals surface area contributed by atoms with Crippen molar-refractivity contribution >= 4 is 65.6 Å². The first-order chi connectivity index (χ1) is 36.3. The Kier molecular flexibility index (Phi) is 7.69. The fourth-order valence-electron chi connectivity index (χ4n) is 10.2. The van der Waals surface area contributed by atoms with E-state index in [4.69, 9.17) is 23.5 Å². The molecule has 0 aliphatic carbocycles. The van der Waals surface area contributed by atoms with Crippen molar-refractivity contribution in [3.8, 4) is 67.8 Å². The van der Waals surface area contributed by atoms with Crippen molar-refractivity contribution in [1.29, 1.82) is 0 Å². The lowest BCUT2D eigenvalue weighted by Crippen LogP contribution is -2.02. The van der Waals surface area contributed by atoms with Gasteiger partial charge >= 0.3 is 0 Å². The first-order valence-corrected chi connectivity index (χ1v) is 22.9. The number of nitrogens with zero attached hydrogens (tertiary/aromatic N) is 5. The number of rotatable bonds is 7. The molecule has 10 aromatic carbocycles. The van der Waals surface area contributed by atoms with E-state index in [1.165, 1.54) is 0 Å². The molecule has 6 nitrogen and oxygen atoms in total. The van der Waals surface area contributed by atoms with Gasteiger partial charge in [-0.2, -0.15) is 0 Å². The third-order valence-corrected chi connectivity index (χ3v) is 13.2. The molecule has 0 atom stereocenters. The van der Waals surface area contributed by atoms with Crippen LogP contribution in [0.2, 0.25) is 0 Å². The van der Waals surface area contributed by atoms with E-state index in [9.17, 15) is 2.74 Å². The Bertz CT molecular complexity index is 4540. The fraction of sp³-hybridized carbons (Fsp3) is 0. The summed E-state index contributed by atoms with van der Waals surface area (Å²) in [5.74, 6) is 0.365. The Morgan fingerprint density at radius 3 is 1.57 bits per heavy atom. The smallest absolute Gasteiger partial charge is 0.167 e. The van der Waals surface area contributed by atoms with Crippen LogP contribution in [0.3, 0.4) is 0 Å². The second kappa shape index (κ2) is 15.6. The zero-order valence-corrected chi connectivity index (χ0v) is 36.8. The van der Waals surface area contributed by atoms with Gasteiger partial charge in [0, 0.05) is 60.4 Å². The second-order valence-corrected chi connectivity index (χ2v) is 17.2. The molecule has 0 aliphatic heterocycles.